The Balaban J connectivity index is 1.73. The predicted octanol–water partition coefficient (Wildman–Crippen LogP) is 1.08. The van der Waals surface area contributed by atoms with Gasteiger partial charge in [0, 0.05) is 25.8 Å². The number of esters is 1. The van der Waals surface area contributed by atoms with Crippen molar-refractivity contribution in [2.24, 2.45) is 0 Å². The summed E-state index contributed by atoms with van der Waals surface area (Å²) in [5.74, 6) is -0.413. The number of anilines is 1. The zero-order chi connectivity index (χ0) is 15.2. The smallest absolute Gasteiger partial charge is 0.325 e. The number of carbonyl (C=O) groups is 2. The van der Waals surface area contributed by atoms with E-state index in [0.717, 1.165) is 5.69 Å². The van der Waals surface area contributed by atoms with Gasteiger partial charge >= 0.3 is 12.0 Å². The molecule has 0 atom stereocenters. The Hall–Kier alpha value is -2.24. The number of ether oxygens (including phenoxy) is 1. The molecule has 0 saturated carbocycles. The van der Waals surface area contributed by atoms with Gasteiger partial charge in [-0.2, -0.15) is 0 Å². The van der Waals surface area contributed by atoms with Gasteiger partial charge in [0.05, 0.1) is 12.6 Å². The van der Waals surface area contributed by atoms with Crippen LogP contribution in [-0.2, 0) is 9.53 Å². The van der Waals surface area contributed by atoms with Gasteiger partial charge in [0.25, 0.3) is 0 Å². The molecule has 1 fully saturated rings. The molecular formula is C15H21N3O3. The summed E-state index contributed by atoms with van der Waals surface area (Å²) >= 11 is 0. The van der Waals surface area contributed by atoms with Crippen LogP contribution >= 0.6 is 0 Å². The van der Waals surface area contributed by atoms with Crippen LogP contribution in [-0.4, -0.2) is 56.2 Å². The maximum atomic E-state index is 11.8. The molecule has 0 bridgehead atoms. The van der Waals surface area contributed by atoms with Gasteiger partial charge in [-0.3, -0.25) is 4.79 Å². The van der Waals surface area contributed by atoms with Crippen molar-refractivity contribution in [3.8, 4) is 0 Å². The lowest BCUT2D eigenvalue weighted by atomic mass is 10.1. The van der Waals surface area contributed by atoms with Gasteiger partial charge in [-0.15, -0.1) is 0 Å². The van der Waals surface area contributed by atoms with Crippen LogP contribution in [0.15, 0.2) is 30.3 Å². The second-order valence-electron chi connectivity index (χ2n) is 4.97. The Morgan fingerprint density at radius 2 is 2.00 bits per heavy atom. The van der Waals surface area contributed by atoms with Crippen LogP contribution in [0.3, 0.4) is 0 Å². The highest BCUT2D eigenvalue weighted by molar-refractivity contribution is 5.81. The molecule has 1 aromatic rings. The molecule has 0 aliphatic carbocycles. The zero-order valence-corrected chi connectivity index (χ0v) is 12.4. The minimum Gasteiger partial charge on any atom is -0.465 e. The molecule has 1 N–H and O–H groups in total. The Morgan fingerprint density at radius 1 is 1.33 bits per heavy atom. The highest BCUT2D eigenvalue weighted by Gasteiger charge is 2.33. The van der Waals surface area contributed by atoms with Gasteiger partial charge in [-0.25, -0.2) is 4.79 Å². The van der Waals surface area contributed by atoms with Crippen molar-refractivity contribution in [1.82, 2.24) is 10.2 Å². The third-order valence-corrected chi connectivity index (χ3v) is 3.55. The van der Waals surface area contributed by atoms with Gasteiger partial charge in [0.2, 0.25) is 0 Å². The van der Waals surface area contributed by atoms with Gasteiger partial charge in [0.1, 0.15) is 6.54 Å². The van der Waals surface area contributed by atoms with Crippen molar-refractivity contribution in [2.75, 3.05) is 38.2 Å². The molecule has 1 saturated heterocycles. The molecule has 1 aliphatic rings. The summed E-state index contributed by atoms with van der Waals surface area (Å²) in [7, 11) is 2.02. The quantitative estimate of drug-likeness (QED) is 0.825. The molecule has 1 aromatic carbocycles. The second kappa shape index (κ2) is 6.97. The number of para-hydroxylation sites is 1. The van der Waals surface area contributed by atoms with Crippen LogP contribution in [0.25, 0.3) is 0 Å². The van der Waals surface area contributed by atoms with E-state index in [-0.39, 0.29) is 12.6 Å². The van der Waals surface area contributed by atoms with E-state index in [0.29, 0.717) is 25.7 Å². The number of urea groups is 1. The summed E-state index contributed by atoms with van der Waals surface area (Å²) in [6.07, 6.45) is 0. The standard InChI is InChI=1S/C15H21N3O3/c1-3-21-14(19)9-16-15(20)18-10-13(11-18)17(2)12-7-5-4-6-8-12/h4-8,13H,3,9-11H2,1-2H3,(H,16,20). The van der Waals surface area contributed by atoms with Gasteiger partial charge < -0.3 is 19.9 Å². The average molecular weight is 291 g/mol. The first-order valence-electron chi connectivity index (χ1n) is 7.08. The minimum atomic E-state index is -0.413. The van der Waals surface area contributed by atoms with Crippen LogP contribution in [0.5, 0.6) is 0 Å². The van der Waals surface area contributed by atoms with E-state index >= 15 is 0 Å². The van der Waals surface area contributed by atoms with Crippen molar-refractivity contribution < 1.29 is 14.3 Å². The number of likely N-dealkylation sites (tertiary alicyclic amines) is 1. The Labute approximate surface area is 124 Å². The van der Waals surface area contributed by atoms with Crippen LogP contribution < -0.4 is 10.2 Å². The molecular weight excluding hydrogens is 270 g/mol. The maximum absolute atomic E-state index is 11.8. The fourth-order valence-corrected chi connectivity index (χ4v) is 2.21. The van der Waals surface area contributed by atoms with E-state index in [9.17, 15) is 9.59 Å². The van der Waals surface area contributed by atoms with Crippen LogP contribution in [0.2, 0.25) is 0 Å². The number of likely N-dealkylation sites (N-methyl/N-ethyl adjacent to an activating group) is 1. The van der Waals surface area contributed by atoms with E-state index < -0.39 is 5.97 Å². The summed E-state index contributed by atoms with van der Waals surface area (Å²) in [6.45, 7) is 3.28. The minimum absolute atomic E-state index is 0.0810. The molecule has 0 spiro atoms. The number of nitrogens with one attached hydrogen (secondary N) is 1. The number of rotatable bonds is 5. The normalized spacial score (nSPS) is 14.3. The monoisotopic (exact) mass is 291 g/mol. The lowest BCUT2D eigenvalue weighted by Crippen LogP contribution is -2.62. The topological polar surface area (TPSA) is 61.9 Å². The summed E-state index contributed by atoms with van der Waals surface area (Å²) in [6, 6.07) is 10.1. The van der Waals surface area contributed by atoms with Crippen molar-refractivity contribution in [3.63, 3.8) is 0 Å². The molecule has 114 valence electrons. The van der Waals surface area contributed by atoms with Gasteiger partial charge in [-0.1, -0.05) is 18.2 Å². The molecule has 2 rings (SSSR count). The first kappa shape index (κ1) is 15.2. The van der Waals surface area contributed by atoms with E-state index in [1.807, 2.05) is 37.4 Å². The molecule has 6 nitrogen and oxygen atoms in total. The van der Waals surface area contributed by atoms with Crippen LogP contribution in [0.4, 0.5) is 10.5 Å². The number of amides is 2. The Bertz CT molecular complexity index is 486. The first-order valence-corrected chi connectivity index (χ1v) is 7.08. The van der Waals surface area contributed by atoms with Crippen molar-refractivity contribution in [3.05, 3.63) is 30.3 Å². The van der Waals surface area contributed by atoms with E-state index in [2.05, 4.69) is 10.2 Å². The highest BCUT2D eigenvalue weighted by Crippen LogP contribution is 2.20. The molecule has 1 aliphatic heterocycles. The number of hydrogen-bond acceptors (Lipinski definition) is 4. The van der Waals surface area contributed by atoms with Crippen molar-refractivity contribution >= 4 is 17.7 Å². The lowest BCUT2D eigenvalue weighted by Gasteiger charge is -2.44. The number of hydrogen-bond donors (Lipinski definition) is 1. The summed E-state index contributed by atoms with van der Waals surface area (Å²) in [5.41, 5.74) is 1.13. The van der Waals surface area contributed by atoms with E-state index in [1.165, 1.54) is 0 Å². The Kier molecular flexibility index (Phi) is 5.03. The van der Waals surface area contributed by atoms with E-state index in [4.69, 9.17) is 4.74 Å². The van der Waals surface area contributed by atoms with Gasteiger partial charge in [-0.05, 0) is 19.1 Å². The maximum Gasteiger partial charge on any atom is 0.325 e. The van der Waals surface area contributed by atoms with Gasteiger partial charge in [0.15, 0.2) is 0 Å². The first-order chi connectivity index (χ1) is 10.1. The fraction of sp³-hybridized carbons (Fsp3) is 0.467. The summed E-state index contributed by atoms with van der Waals surface area (Å²) in [4.78, 5) is 26.8. The molecule has 0 radical (unpaired) electrons. The third-order valence-electron chi connectivity index (χ3n) is 3.55. The molecule has 2 amide bonds. The fourth-order valence-electron chi connectivity index (χ4n) is 2.21. The summed E-state index contributed by atoms with van der Waals surface area (Å²) < 4.78 is 4.76. The number of benzene rings is 1. The summed E-state index contributed by atoms with van der Waals surface area (Å²) in [5, 5.41) is 2.56. The van der Waals surface area contributed by atoms with Crippen molar-refractivity contribution in [2.45, 2.75) is 13.0 Å². The third kappa shape index (κ3) is 3.87. The lowest BCUT2D eigenvalue weighted by molar-refractivity contribution is -0.141. The molecule has 21 heavy (non-hydrogen) atoms. The average Bonchev–Trinajstić information content (AvgIpc) is 2.44. The van der Waals surface area contributed by atoms with Crippen molar-refractivity contribution in [1.29, 1.82) is 0 Å². The molecule has 1 heterocycles. The number of carbonyl (C=O) groups excluding carboxylic acids is 2. The Morgan fingerprint density at radius 3 is 2.62 bits per heavy atom. The zero-order valence-electron chi connectivity index (χ0n) is 12.4. The molecule has 0 aromatic heterocycles. The van der Waals surface area contributed by atoms with Crippen LogP contribution in [0.1, 0.15) is 6.92 Å². The van der Waals surface area contributed by atoms with Crippen LogP contribution in [0, 0.1) is 0 Å². The highest BCUT2D eigenvalue weighted by atomic mass is 16.5. The largest absolute Gasteiger partial charge is 0.465 e. The predicted molar refractivity (Wildman–Crippen MR) is 80.2 cm³/mol. The van der Waals surface area contributed by atoms with E-state index in [1.54, 1.807) is 11.8 Å². The molecule has 6 heteroatoms. The second-order valence-corrected chi connectivity index (χ2v) is 4.97. The number of nitrogens with zero attached hydrogens (tertiary/aromatic N) is 2. The SMILES string of the molecule is CCOC(=O)CNC(=O)N1CC(N(C)c2ccccc2)C1. The molecule has 0 unspecified atom stereocenters.